The Labute approximate surface area is 160 Å². The van der Waals surface area contributed by atoms with E-state index in [9.17, 15) is 9.59 Å². The van der Waals surface area contributed by atoms with Gasteiger partial charge in [0.2, 0.25) is 0 Å². The fourth-order valence-electron chi connectivity index (χ4n) is 3.66. The highest BCUT2D eigenvalue weighted by molar-refractivity contribution is 5.94. The second-order valence-electron chi connectivity index (χ2n) is 7.03. The lowest BCUT2D eigenvalue weighted by molar-refractivity contribution is 0.0525. The van der Waals surface area contributed by atoms with Crippen LogP contribution in [-0.2, 0) is 4.74 Å². The number of benzene rings is 1. The highest BCUT2D eigenvalue weighted by Crippen LogP contribution is 2.23. The van der Waals surface area contributed by atoms with E-state index < -0.39 is 0 Å². The van der Waals surface area contributed by atoms with Gasteiger partial charge in [-0.3, -0.25) is 4.79 Å². The van der Waals surface area contributed by atoms with Crippen molar-refractivity contribution in [3.8, 4) is 5.69 Å². The van der Waals surface area contributed by atoms with Crippen molar-refractivity contribution in [1.82, 2.24) is 14.7 Å². The molecule has 0 bridgehead atoms. The Bertz CT molecular complexity index is 805. The zero-order valence-electron chi connectivity index (χ0n) is 16.3. The molecule has 6 heteroatoms. The van der Waals surface area contributed by atoms with E-state index in [4.69, 9.17) is 4.74 Å². The number of nitrogens with zero attached hydrogens (tertiary/aromatic N) is 3. The van der Waals surface area contributed by atoms with E-state index in [0.29, 0.717) is 29.5 Å². The van der Waals surface area contributed by atoms with Gasteiger partial charge in [0.25, 0.3) is 5.91 Å². The van der Waals surface area contributed by atoms with Crippen LogP contribution in [0.5, 0.6) is 0 Å². The summed E-state index contributed by atoms with van der Waals surface area (Å²) in [6.45, 7) is 3.93. The van der Waals surface area contributed by atoms with Crippen LogP contribution in [-0.4, -0.2) is 46.3 Å². The molecule has 144 valence electrons. The molecule has 1 aromatic carbocycles. The molecular formula is C21H27N3O3. The summed E-state index contributed by atoms with van der Waals surface area (Å²) in [4.78, 5) is 26.6. The monoisotopic (exact) mass is 369 g/mol. The van der Waals surface area contributed by atoms with Gasteiger partial charge >= 0.3 is 5.97 Å². The van der Waals surface area contributed by atoms with Crippen LogP contribution in [0, 0.1) is 6.92 Å². The first-order chi connectivity index (χ1) is 13.0. The van der Waals surface area contributed by atoms with Crippen molar-refractivity contribution in [3.05, 3.63) is 47.3 Å². The average molecular weight is 369 g/mol. The van der Waals surface area contributed by atoms with E-state index in [1.54, 1.807) is 11.6 Å². The van der Waals surface area contributed by atoms with Crippen LogP contribution in [0.1, 0.15) is 65.4 Å². The van der Waals surface area contributed by atoms with Crippen molar-refractivity contribution in [2.45, 2.75) is 52.0 Å². The van der Waals surface area contributed by atoms with E-state index >= 15 is 0 Å². The molecule has 6 nitrogen and oxygen atoms in total. The molecule has 0 aliphatic heterocycles. The Kier molecular flexibility index (Phi) is 5.94. The molecule has 1 aliphatic carbocycles. The molecule has 1 aromatic heterocycles. The van der Waals surface area contributed by atoms with Crippen LogP contribution >= 0.6 is 0 Å². The molecule has 0 unspecified atom stereocenters. The third-order valence-electron chi connectivity index (χ3n) is 5.31. The van der Waals surface area contributed by atoms with Gasteiger partial charge in [0.15, 0.2) is 0 Å². The number of rotatable bonds is 5. The predicted molar refractivity (Wildman–Crippen MR) is 103 cm³/mol. The number of ether oxygens (including phenoxy) is 1. The van der Waals surface area contributed by atoms with Gasteiger partial charge in [0.05, 0.1) is 24.2 Å². The van der Waals surface area contributed by atoms with Gasteiger partial charge in [0, 0.05) is 18.7 Å². The van der Waals surface area contributed by atoms with E-state index in [0.717, 1.165) is 18.5 Å². The number of carbonyl (C=O) groups excluding carboxylic acids is 2. The second kappa shape index (κ2) is 8.37. The zero-order chi connectivity index (χ0) is 19.4. The second-order valence-corrected chi connectivity index (χ2v) is 7.03. The average Bonchev–Trinajstić information content (AvgIpc) is 3.09. The first-order valence-electron chi connectivity index (χ1n) is 9.62. The van der Waals surface area contributed by atoms with Crippen molar-refractivity contribution in [1.29, 1.82) is 0 Å². The Hall–Kier alpha value is -2.63. The summed E-state index contributed by atoms with van der Waals surface area (Å²) in [6.07, 6.45) is 7.35. The van der Waals surface area contributed by atoms with Crippen molar-refractivity contribution in [2.24, 2.45) is 0 Å². The molecule has 27 heavy (non-hydrogen) atoms. The number of carbonyl (C=O) groups is 2. The largest absolute Gasteiger partial charge is 0.462 e. The molecule has 0 radical (unpaired) electrons. The normalized spacial score (nSPS) is 14.8. The van der Waals surface area contributed by atoms with Crippen LogP contribution < -0.4 is 0 Å². The minimum atomic E-state index is -0.373. The number of hydrogen-bond acceptors (Lipinski definition) is 4. The SMILES string of the molecule is CCOC(=O)c1cnn(-c2ccc(C(=O)N(C)C3CCCCC3)cc2)c1C. The van der Waals surface area contributed by atoms with Crippen LogP contribution in [0.4, 0.5) is 0 Å². The fraction of sp³-hybridized carbons (Fsp3) is 0.476. The minimum absolute atomic E-state index is 0.0536. The Morgan fingerprint density at radius 2 is 1.85 bits per heavy atom. The molecule has 1 aliphatic rings. The van der Waals surface area contributed by atoms with Gasteiger partial charge < -0.3 is 9.64 Å². The number of amides is 1. The maximum absolute atomic E-state index is 12.8. The summed E-state index contributed by atoms with van der Waals surface area (Å²) < 4.78 is 6.74. The number of esters is 1. The van der Waals surface area contributed by atoms with Gasteiger partial charge in [-0.05, 0) is 51.0 Å². The Morgan fingerprint density at radius 3 is 2.48 bits per heavy atom. The molecule has 0 atom stereocenters. The standard InChI is InChI=1S/C21H27N3O3/c1-4-27-21(26)19-14-22-24(15(19)2)18-12-10-16(11-13-18)20(25)23(3)17-8-6-5-7-9-17/h10-14,17H,4-9H2,1-3H3. The van der Waals surface area contributed by atoms with Crippen molar-refractivity contribution < 1.29 is 14.3 Å². The van der Waals surface area contributed by atoms with E-state index in [1.165, 1.54) is 25.5 Å². The maximum atomic E-state index is 12.8. The van der Waals surface area contributed by atoms with Crippen molar-refractivity contribution >= 4 is 11.9 Å². The van der Waals surface area contributed by atoms with Crippen molar-refractivity contribution in [2.75, 3.05) is 13.7 Å². The molecule has 1 heterocycles. The summed E-state index contributed by atoms with van der Waals surface area (Å²) >= 11 is 0. The lowest BCUT2D eigenvalue weighted by Gasteiger charge is -2.31. The molecule has 0 spiro atoms. The summed E-state index contributed by atoms with van der Waals surface area (Å²) in [7, 11) is 1.90. The van der Waals surface area contributed by atoms with Crippen LogP contribution in [0.3, 0.4) is 0 Å². The Morgan fingerprint density at radius 1 is 1.19 bits per heavy atom. The van der Waals surface area contributed by atoms with Crippen molar-refractivity contribution in [3.63, 3.8) is 0 Å². The van der Waals surface area contributed by atoms with Crippen LogP contribution in [0.15, 0.2) is 30.5 Å². The summed E-state index contributed by atoms with van der Waals surface area (Å²) in [6, 6.07) is 7.70. The third-order valence-corrected chi connectivity index (χ3v) is 5.31. The fourth-order valence-corrected chi connectivity index (χ4v) is 3.66. The highest BCUT2D eigenvalue weighted by atomic mass is 16.5. The summed E-state index contributed by atoms with van der Waals surface area (Å²) in [5.74, 6) is -0.319. The molecule has 1 fully saturated rings. The summed E-state index contributed by atoms with van der Waals surface area (Å²) in [5.41, 5.74) is 2.64. The topological polar surface area (TPSA) is 64.4 Å². The third kappa shape index (κ3) is 4.04. The maximum Gasteiger partial charge on any atom is 0.341 e. The van der Waals surface area contributed by atoms with E-state index in [-0.39, 0.29) is 11.9 Å². The molecule has 1 amide bonds. The molecule has 3 rings (SSSR count). The highest BCUT2D eigenvalue weighted by Gasteiger charge is 2.23. The minimum Gasteiger partial charge on any atom is -0.462 e. The lowest BCUT2D eigenvalue weighted by Crippen LogP contribution is -2.38. The first-order valence-corrected chi connectivity index (χ1v) is 9.62. The van der Waals surface area contributed by atoms with Crippen LogP contribution in [0.2, 0.25) is 0 Å². The van der Waals surface area contributed by atoms with Gasteiger partial charge in [-0.2, -0.15) is 5.10 Å². The molecule has 2 aromatic rings. The van der Waals surface area contributed by atoms with Crippen LogP contribution in [0.25, 0.3) is 5.69 Å². The van der Waals surface area contributed by atoms with Gasteiger partial charge in [-0.15, -0.1) is 0 Å². The van der Waals surface area contributed by atoms with E-state index in [1.807, 2.05) is 43.1 Å². The first kappa shape index (κ1) is 19.1. The van der Waals surface area contributed by atoms with Gasteiger partial charge in [0.1, 0.15) is 5.56 Å². The van der Waals surface area contributed by atoms with Gasteiger partial charge in [-0.25, -0.2) is 9.48 Å². The molecule has 0 N–H and O–H groups in total. The predicted octanol–water partition coefficient (Wildman–Crippen LogP) is 3.76. The number of hydrogen-bond donors (Lipinski definition) is 0. The smallest absolute Gasteiger partial charge is 0.341 e. The molecule has 0 saturated heterocycles. The van der Waals surface area contributed by atoms with Gasteiger partial charge in [-0.1, -0.05) is 19.3 Å². The lowest BCUT2D eigenvalue weighted by atomic mass is 9.94. The Balaban J connectivity index is 1.75. The van der Waals surface area contributed by atoms with E-state index in [2.05, 4.69) is 5.10 Å². The molecule has 1 saturated carbocycles. The zero-order valence-corrected chi connectivity index (χ0v) is 16.3. The summed E-state index contributed by atoms with van der Waals surface area (Å²) in [5, 5.41) is 4.29. The molecular weight excluding hydrogens is 342 g/mol. The number of aromatic nitrogens is 2. The quantitative estimate of drug-likeness (QED) is 0.753.